The van der Waals surface area contributed by atoms with Crippen LogP contribution in [0, 0.1) is 11.8 Å². The molecular formula is C8H7N5O2. The van der Waals surface area contributed by atoms with Crippen LogP contribution in [0.5, 0.6) is 5.88 Å². The van der Waals surface area contributed by atoms with Gasteiger partial charge in [-0.1, -0.05) is 17.0 Å². The normalized spacial score (nSPS) is 8.53. The lowest BCUT2D eigenvalue weighted by atomic mass is 10.3. The largest absolute Gasteiger partial charge is 0.492 e. The van der Waals surface area contributed by atoms with Crippen molar-refractivity contribution in [2.75, 3.05) is 6.54 Å². The van der Waals surface area contributed by atoms with Crippen LogP contribution in [0.15, 0.2) is 16.2 Å². The first-order valence-corrected chi connectivity index (χ1v) is 4.02. The van der Waals surface area contributed by atoms with E-state index < -0.39 is 11.4 Å². The van der Waals surface area contributed by atoms with Gasteiger partial charge in [0.25, 0.3) is 5.56 Å². The highest BCUT2D eigenvalue weighted by Crippen LogP contribution is 2.03. The summed E-state index contributed by atoms with van der Waals surface area (Å²) in [5.74, 6) is 4.63. The molecule has 1 aromatic heterocycles. The molecule has 0 unspecified atom stereocenters. The summed E-state index contributed by atoms with van der Waals surface area (Å²) in [6.07, 6.45) is 1.40. The van der Waals surface area contributed by atoms with Crippen LogP contribution in [0.2, 0.25) is 0 Å². The van der Waals surface area contributed by atoms with E-state index in [1.807, 2.05) is 0 Å². The van der Waals surface area contributed by atoms with Crippen LogP contribution in [0.1, 0.15) is 12.0 Å². The quantitative estimate of drug-likeness (QED) is 0.241. The topological polar surface area (TPSA) is 115 Å². The minimum Gasteiger partial charge on any atom is -0.492 e. The molecule has 7 nitrogen and oxygen atoms in total. The number of nitrogens with zero attached hydrogens (tertiary/aromatic N) is 4. The summed E-state index contributed by atoms with van der Waals surface area (Å²) in [6, 6.07) is 0. The molecule has 0 aliphatic heterocycles. The predicted octanol–water partition coefficient (Wildman–Crippen LogP) is 0.527. The zero-order valence-corrected chi connectivity index (χ0v) is 7.64. The minimum atomic E-state index is -0.501. The van der Waals surface area contributed by atoms with Gasteiger partial charge in [0, 0.05) is 17.9 Å². The molecule has 1 aromatic rings. The van der Waals surface area contributed by atoms with E-state index in [9.17, 15) is 9.90 Å². The van der Waals surface area contributed by atoms with Crippen molar-refractivity contribution in [2.45, 2.75) is 6.42 Å². The Bertz CT molecular complexity index is 504. The molecule has 0 atom stereocenters. The Morgan fingerprint density at radius 2 is 2.53 bits per heavy atom. The molecule has 0 amide bonds. The van der Waals surface area contributed by atoms with Crippen molar-refractivity contribution in [2.24, 2.45) is 5.11 Å². The summed E-state index contributed by atoms with van der Waals surface area (Å²) in [7, 11) is 0. The maximum atomic E-state index is 11.1. The Kier molecular flexibility index (Phi) is 3.77. The molecule has 0 spiro atoms. The van der Waals surface area contributed by atoms with Gasteiger partial charge in [-0.3, -0.25) is 4.79 Å². The number of aromatic hydroxyl groups is 1. The van der Waals surface area contributed by atoms with Gasteiger partial charge in [-0.2, -0.15) is 0 Å². The van der Waals surface area contributed by atoms with E-state index in [0.29, 0.717) is 6.42 Å². The van der Waals surface area contributed by atoms with Crippen LogP contribution in [0.25, 0.3) is 10.4 Å². The van der Waals surface area contributed by atoms with Crippen LogP contribution >= 0.6 is 0 Å². The monoisotopic (exact) mass is 205 g/mol. The van der Waals surface area contributed by atoms with Crippen molar-refractivity contribution in [3.63, 3.8) is 0 Å². The van der Waals surface area contributed by atoms with E-state index in [4.69, 9.17) is 5.53 Å². The fourth-order valence-electron chi connectivity index (χ4n) is 0.804. The van der Waals surface area contributed by atoms with E-state index >= 15 is 0 Å². The van der Waals surface area contributed by atoms with Crippen molar-refractivity contribution in [1.29, 1.82) is 0 Å². The van der Waals surface area contributed by atoms with Crippen LogP contribution in [-0.4, -0.2) is 21.6 Å². The molecule has 0 aromatic carbocycles. The molecule has 0 fully saturated rings. The molecule has 1 heterocycles. The number of hydrogen-bond acceptors (Lipinski definition) is 4. The fraction of sp³-hybridized carbons (Fsp3) is 0.250. The summed E-state index contributed by atoms with van der Waals surface area (Å²) in [5, 5.41) is 12.4. The molecule has 0 saturated heterocycles. The third-order valence-corrected chi connectivity index (χ3v) is 1.45. The van der Waals surface area contributed by atoms with Gasteiger partial charge in [-0.15, -0.1) is 0 Å². The van der Waals surface area contributed by atoms with Gasteiger partial charge in [0.05, 0.1) is 6.33 Å². The second-order valence-corrected chi connectivity index (χ2v) is 2.44. The average molecular weight is 205 g/mol. The smallest absolute Gasteiger partial charge is 0.270 e. The fourth-order valence-corrected chi connectivity index (χ4v) is 0.804. The Morgan fingerprint density at radius 3 is 3.20 bits per heavy atom. The third-order valence-electron chi connectivity index (χ3n) is 1.45. The van der Waals surface area contributed by atoms with Crippen molar-refractivity contribution >= 4 is 0 Å². The molecule has 0 radical (unpaired) electrons. The van der Waals surface area contributed by atoms with E-state index in [-0.39, 0.29) is 12.1 Å². The number of aromatic nitrogens is 2. The van der Waals surface area contributed by atoms with Gasteiger partial charge in [-0.05, 0) is 5.53 Å². The summed E-state index contributed by atoms with van der Waals surface area (Å²) in [4.78, 5) is 19.4. The SMILES string of the molecule is [N-]=[N+]=NCCC#Cc1c(O)nc[nH]c1=O. The number of aromatic amines is 1. The lowest BCUT2D eigenvalue weighted by Crippen LogP contribution is -2.09. The highest BCUT2D eigenvalue weighted by Gasteiger charge is 2.02. The Labute approximate surface area is 84.4 Å². The Morgan fingerprint density at radius 1 is 1.73 bits per heavy atom. The van der Waals surface area contributed by atoms with Crippen LogP contribution in [-0.2, 0) is 0 Å². The number of rotatable bonds is 2. The molecule has 0 aliphatic rings. The molecule has 15 heavy (non-hydrogen) atoms. The van der Waals surface area contributed by atoms with Crippen LogP contribution < -0.4 is 5.56 Å². The van der Waals surface area contributed by atoms with Gasteiger partial charge in [-0.25, -0.2) is 4.98 Å². The van der Waals surface area contributed by atoms with Crippen molar-refractivity contribution in [1.82, 2.24) is 9.97 Å². The molecule has 0 bridgehead atoms. The van der Waals surface area contributed by atoms with Gasteiger partial charge in [0.1, 0.15) is 0 Å². The highest BCUT2D eigenvalue weighted by molar-refractivity contribution is 5.38. The minimum absolute atomic E-state index is 0.0848. The first-order valence-electron chi connectivity index (χ1n) is 4.02. The zero-order chi connectivity index (χ0) is 11.1. The number of nitrogens with one attached hydrogen (secondary N) is 1. The second-order valence-electron chi connectivity index (χ2n) is 2.44. The molecule has 7 heteroatoms. The first kappa shape index (κ1) is 10.6. The Hall–Kier alpha value is -2.45. The molecule has 2 N–H and O–H groups in total. The summed E-state index contributed by atoms with van der Waals surface area (Å²) >= 11 is 0. The van der Waals surface area contributed by atoms with E-state index in [0.717, 1.165) is 6.33 Å². The maximum absolute atomic E-state index is 11.1. The van der Waals surface area contributed by atoms with Gasteiger partial charge < -0.3 is 10.1 Å². The summed E-state index contributed by atoms with van der Waals surface area (Å²) in [6.45, 7) is 0.225. The van der Waals surface area contributed by atoms with Crippen molar-refractivity contribution in [3.05, 3.63) is 32.7 Å². The van der Waals surface area contributed by atoms with Gasteiger partial charge in [0.15, 0.2) is 5.56 Å². The van der Waals surface area contributed by atoms with E-state index in [2.05, 4.69) is 31.8 Å². The average Bonchev–Trinajstić information content (AvgIpc) is 2.21. The Balaban J connectivity index is 2.80. The highest BCUT2D eigenvalue weighted by atomic mass is 16.3. The number of azide groups is 1. The maximum Gasteiger partial charge on any atom is 0.270 e. The lowest BCUT2D eigenvalue weighted by Gasteiger charge is -1.91. The predicted molar refractivity (Wildman–Crippen MR) is 52.0 cm³/mol. The number of H-pyrrole nitrogens is 1. The van der Waals surface area contributed by atoms with Crippen LogP contribution in [0.3, 0.4) is 0 Å². The molecule has 0 saturated carbocycles. The van der Waals surface area contributed by atoms with Crippen molar-refractivity contribution in [3.8, 4) is 17.7 Å². The zero-order valence-electron chi connectivity index (χ0n) is 7.64. The third kappa shape index (κ3) is 3.06. The van der Waals surface area contributed by atoms with E-state index in [1.54, 1.807) is 0 Å². The summed E-state index contributed by atoms with van der Waals surface area (Å²) < 4.78 is 0. The van der Waals surface area contributed by atoms with Crippen molar-refractivity contribution < 1.29 is 5.11 Å². The molecule has 0 aliphatic carbocycles. The van der Waals surface area contributed by atoms with Gasteiger partial charge >= 0.3 is 0 Å². The lowest BCUT2D eigenvalue weighted by molar-refractivity contribution is 0.449. The molecule has 76 valence electrons. The van der Waals surface area contributed by atoms with Gasteiger partial charge in [0.2, 0.25) is 5.88 Å². The van der Waals surface area contributed by atoms with Crippen LogP contribution in [0.4, 0.5) is 0 Å². The number of hydrogen-bond donors (Lipinski definition) is 2. The molecular weight excluding hydrogens is 198 g/mol. The molecule has 1 rings (SSSR count). The first-order chi connectivity index (χ1) is 7.25. The second kappa shape index (κ2) is 5.32. The standard InChI is InChI=1S/C8H7N5O2/c9-13-12-4-2-1-3-6-7(14)10-5-11-8(6)15/h5H,2,4H2,(H2,10,11,14,15). The summed E-state index contributed by atoms with van der Waals surface area (Å²) in [5.41, 5.74) is 7.39. The van der Waals surface area contributed by atoms with E-state index in [1.165, 1.54) is 0 Å².